The number of nitrogens with zero attached hydrogens (tertiary/aromatic N) is 2. The molecule has 20 heavy (non-hydrogen) atoms. The van der Waals surface area contributed by atoms with Crippen molar-refractivity contribution in [3.8, 4) is 0 Å². The molecule has 106 valence electrons. The molecule has 5 nitrogen and oxygen atoms in total. The Morgan fingerprint density at radius 3 is 2.75 bits per heavy atom. The Labute approximate surface area is 121 Å². The summed E-state index contributed by atoms with van der Waals surface area (Å²) in [6.45, 7) is 3.96. The number of carbonyl (C=O) groups excluding carboxylic acids is 1. The molecule has 0 saturated carbocycles. The second kappa shape index (κ2) is 6.52. The van der Waals surface area contributed by atoms with Crippen molar-refractivity contribution in [1.29, 1.82) is 0 Å². The van der Waals surface area contributed by atoms with Gasteiger partial charge < -0.3 is 9.26 Å². The SMILES string of the molecule is CCOC(=O)c1nc([C@@H](C)Cc2ccc(Cl)cc2)no1. The zero-order valence-corrected chi connectivity index (χ0v) is 12.1. The lowest BCUT2D eigenvalue weighted by atomic mass is 10.0. The lowest BCUT2D eigenvalue weighted by Gasteiger charge is -2.06. The second-order valence-electron chi connectivity index (χ2n) is 4.41. The van der Waals surface area contributed by atoms with Crippen molar-refractivity contribution in [1.82, 2.24) is 10.1 Å². The molecule has 2 rings (SSSR count). The van der Waals surface area contributed by atoms with E-state index in [1.165, 1.54) is 0 Å². The van der Waals surface area contributed by atoms with Gasteiger partial charge >= 0.3 is 11.9 Å². The number of rotatable bonds is 5. The zero-order valence-electron chi connectivity index (χ0n) is 11.3. The van der Waals surface area contributed by atoms with Gasteiger partial charge in [-0.25, -0.2) is 4.79 Å². The molecule has 2 aromatic rings. The molecule has 0 saturated heterocycles. The molecule has 0 radical (unpaired) electrons. The van der Waals surface area contributed by atoms with Crippen LogP contribution in [0.3, 0.4) is 0 Å². The van der Waals surface area contributed by atoms with E-state index in [4.69, 9.17) is 20.9 Å². The molecule has 1 atom stereocenters. The first-order valence-electron chi connectivity index (χ1n) is 6.35. The van der Waals surface area contributed by atoms with Gasteiger partial charge in [0.15, 0.2) is 5.82 Å². The smallest absolute Gasteiger partial charge is 0.397 e. The minimum atomic E-state index is -0.593. The highest BCUT2D eigenvalue weighted by atomic mass is 35.5. The van der Waals surface area contributed by atoms with Crippen LogP contribution in [0, 0.1) is 0 Å². The van der Waals surface area contributed by atoms with E-state index >= 15 is 0 Å². The van der Waals surface area contributed by atoms with Crippen LogP contribution in [-0.2, 0) is 11.2 Å². The predicted molar refractivity (Wildman–Crippen MR) is 73.8 cm³/mol. The van der Waals surface area contributed by atoms with Crippen LogP contribution in [0.15, 0.2) is 28.8 Å². The van der Waals surface area contributed by atoms with Gasteiger partial charge in [-0.05, 0) is 31.0 Å². The molecule has 0 fully saturated rings. The summed E-state index contributed by atoms with van der Waals surface area (Å²) in [5.41, 5.74) is 1.12. The summed E-state index contributed by atoms with van der Waals surface area (Å²) in [6, 6.07) is 7.57. The van der Waals surface area contributed by atoms with E-state index in [1.807, 2.05) is 31.2 Å². The topological polar surface area (TPSA) is 65.2 Å². The molecule has 1 heterocycles. The number of esters is 1. The normalized spacial score (nSPS) is 12.2. The highest BCUT2D eigenvalue weighted by Crippen LogP contribution is 2.19. The van der Waals surface area contributed by atoms with Crippen LogP contribution in [0.1, 0.15) is 41.8 Å². The van der Waals surface area contributed by atoms with Crippen LogP contribution in [0.25, 0.3) is 0 Å². The van der Waals surface area contributed by atoms with Gasteiger partial charge in [0.2, 0.25) is 0 Å². The van der Waals surface area contributed by atoms with E-state index < -0.39 is 5.97 Å². The fourth-order valence-corrected chi connectivity index (χ4v) is 1.90. The Hall–Kier alpha value is -1.88. The van der Waals surface area contributed by atoms with Crippen molar-refractivity contribution in [2.75, 3.05) is 6.61 Å². The van der Waals surface area contributed by atoms with Gasteiger partial charge in [0.25, 0.3) is 0 Å². The third kappa shape index (κ3) is 3.57. The summed E-state index contributed by atoms with van der Waals surface area (Å²) < 4.78 is 9.70. The average molecular weight is 295 g/mol. The number of ether oxygens (including phenoxy) is 1. The molecule has 0 unspecified atom stereocenters. The molecule has 1 aromatic heterocycles. The number of hydrogen-bond donors (Lipinski definition) is 0. The zero-order chi connectivity index (χ0) is 14.5. The number of benzene rings is 1. The quantitative estimate of drug-likeness (QED) is 0.792. The lowest BCUT2D eigenvalue weighted by Crippen LogP contribution is -2.06. The summed E-state index contributed by atoms with van der Waals surface area (Å²) in [5.74, 6) is -0.180. The number of aromatic nitrogens is 2. The monoisotopic (exact) mass is 294 g/mol. The third-order valence-electron chi connectivity index (χ3n) is 2.79. The molecule has 0 spiro atoms. The highest BCUT2D eigenvalue weighted by Gasteiger charge is 2.19. The van der Waals surface area contributed by atoms with Crippen LogP contribution >= 0.6 is 11.6 Å². The van der Waals surface area contributed by atoms with Crippen molar-refractivity contribution in [3.05, 3.63) is 46.6 Å². The Morgan fingerprint density at radius 2 is 2.10 bits per heavy atom. The summed E-state index contributed by atoms with van der Waals surface area (Å²) in [6.07, 6.45) is 0.735. The Bertz CT molecular complexity index is 580. The van der Waals surface area contributed by atoms with Gasteiger partial charge in [0.1, 0.15) is 0 Å². The molecule has 0 aliphatic carbocycles. The first-order chi connectivity index (χ1) is 9.60. The molecule has 0 aliphatic rings. The van der Waals surface area contributed by atoms with Crippen molar-refractivity contribution >= 4 is 17.6 Å². The third-order valence-corrected chi connectivity index (χ3v) is 3.04. The van der Waals surface area contributed by atoms with Crippen molar-refractivity contribution in [2.24, 2.45) is 0 Å². The minimum absolute atomic E-state index is 0.0307. The van der Waals surface area contributed by atoms with E-state index in [9.17, 15) is 4.79 Å². The standard InChI is InChI=1S/C14H15ClN2O3/c1-3-19-14(18)13-16-12(17-20-13)9(2)8-10-4-6-11(15)7-5-10/h4-7,9H,3,8H2,1-2H3/t9-/m0/s1. The average Bonchev–Trinajstić information content (AvgIpc) is 2.91. The molecular weight excluding hydrogens is 280 g/mol. The van der Waals surface area contributed by atoms with E-state index in [0.717, 1.165) is 12.0 Å². The Kier molecular flexibility index (Phi) is 4.74. The summed E-state index contributed by atoms with van der Waals surface area (Å²) in [5, 5.41) is 4.52. The van der Waals surface area contributed by atoms with Crippen molar-refractivity contribution in [3.63, 3.8) is 0 Å². The van der Waals surface area contributed by atoms with Crippen LogP contribution < -0.4 is 0 Å². The summed E-state index contributed by atoms with van der Waals surface area (Å²) in [7, 11) is 0. The summed E-state index contributed by atoms with van der Waals surface area (Å²) in [4.78, 5) is 15.5. The highest BCUT2D eigenvalue weighted by molar-refractivity contribution is 6.30. The fourth-order valence-electron chi connectivity index (χ4n) is 1.78. The van der Waals surface area contributed by atoms with E-state index in [2.05, 4.69) is 10.1 Å². The first kappa shape index (κ1) is 14.5. The fraction of sp³-hybridized carbons (Fsp3) is 0.357. The van der Waals surface area contributed by atoms with Crippen LogP contribution in [0.4, 0.5) is 0 Å². The maximum absolute atomic E-state index is 11.4. The first-order valence-corrected chi connectivity index (χ1v) is 6.73. The molecule has 6 heteroatoms. The van der Waals surface area contributed by atoms with E-state index in [-0.39, 0.29) is 18.4 Å². The van der Waals surface area contributed by atoms with Gasteiger partial charge in [-0.1, -0.05) is 35.8 Å². The molecule has 0 N–H and O–H groups in total. The minimum Gasteiger partial charge on any atom is -0.459 e. The molecule has 1 aromatic carbocycles. The number of hydrogen-bond acceptors (Lipinski definition) is 5. The van der Waals surface area contributed by atoms with Gasteiger partial charge in [-0.3, -0.25) is 0 Å². The van der Waals surface area contributed by atoms with Gasteiger partial charge in [0, 0.05) is 10.9 Å². The van der Waals surface area contributed by atoms with Gasteiger partial charge in [0.05, 0.1) is 6.61 Å². The summed E-state index contributed by atoms with van der Waals surface area (Å²) >= 11 is 5.84. The maximum Gasteiger partial charge on any atom is 0.397 e. The molecular formula is C14H15ClN2O3. The molecule has 0 aliphatic heterocycles. The lowest BCUT2D eigenvalue weighted by molar-refractivity contribution is 0.0470. The van der Waals surface area contributed by atoms with Crippen LogP contribution in [0.5, 0.6) is 0 Å². The van der Waals surface area contributed by atoms with Gasteiger partial charge in [-0.2, -0.15) is 4.98 Å². The van der Waals surface area contributed by atoms with Gasteiger partial charge in [-0.15, -0.1) is 0 Å². The van der Waals surface area contributed by atoms with Crippen molar-refractivity contribution in [2.45, 2.75) is 26.2 Å². The second-order valence-corrected chi connectivity index (χ2v) is 4.85. The molecule has 0 bridgehead atoms. The Morgan fingerprint density at radius 1 is 1.40 bits per heavy atom. The van der Waals surface area contributed by atoms with Crippen LogP contribution in [0.2, 0.25) is 5.02 Å². The van der Waals surface area contributed by atoms with Crippen molar-refractivity contribution < 1.29 is 14.1 Å². The Balaban J connectivity index is 2.04. The van der Waals surface area contributed by atoms with E-state index in [0.29, 0.717) is 10.8 Å². The predicted octanol–water partition coefficient (Wildman–Crippen LogP) is 3.25. The maximum atomic E-state index is 11.4. The van der Waals surface area contributed by atoms with E-state index in [1.54, 1.807) is 6.92 Å². The van der Waals surface area contributed by atoms with Crippen LogP contribution in [-0.4, -0.2) is 22.7 Å². The number of carbonyl (C=O) groups is 1. The largest absolute Gasteiger partial charge is 0.459 e. The molecule has 0 amide bonds. The number of halogens is 1.